The molecule has 0 aliphatic rings. The molecule has 0 radical (unpaired) electrons. The third-order valence-electron chi connectivity index (χ3n) is 2.05. The maximum absolute atomic E-state index is 11.2. The van der Waals surface area contributed by atoms with Crippen LogP contribution in [-0.4, -0.2) is 21.5 Å². The van der Waals surface area contributed by atoms with Crippen LogP contribution < -0.4 is 5.73 Å². The number of rotatable bonds is 5. The summed E-state index contributed by atoms with van der Waals surface area (Å²) in [5.41, 5.74) is 5.95. The van der Waals surface area contributed by atoms with Gasteiger partial charge in [-0.1, -0.05) is 30.3 Å². The van der Waals surface area contributed by atoms with E-state index < -0.39 is 25.8 Å². The van der Waals surface area contributed by atoms with Crippen molar-refractivity contribution in [3.63, 3.8) is 0 Å². The van der Waals surface area contributed by atoms with Crippen molar-refractivity contribution in [2.24, 2.45) is 5.73 Å². The Hall–Kier alpha value is -1.20. The Morgan fingerprint density at radius 1 is 1.35 bits per heavy atom. The molecule has 1 atom stereocenters. The van der Waals surface area contributed by atoms with Gasteiger partial charge >= 0.3 is 13.6 Å². The minimum absolute atomic E-state index is 0.0630. The van der Waals surface area contributed by atoms with Crippen LogP contribution in [0.3, 0.4) is 0 Å². The zero-order chi connectivity index (χ0) is 12.9. The number of esters is 1. The van der Waals surface area contributed by atoms with E-state index in [1.807, 2.05) is 6.07 Å². The first-order valence-electron chi connectivity index (χ1n) is 4.90. The van der Waals surface area contributed by atoms with Crippen LogP contribution in [0.1, 0.15) is 12.0 Å². The van der Waals surface area contributed by atoms with E-state index in [4.69, 9.17) is 20.3 Å². The number of ether oxygens (including phenoxy) is 1. The molecule has 1 aromatic rings. The molecular weight excluding hydrogens is 245 g/mol. The number of nitrogens with two attached hydrogens (primary N) is 1. The minimum atomic E-state index is -4.43. The molecule has 0 spiro atoms. The van der Waals surface area contributed by atoms with Crippen molar-refractivity contribution in [2.45, 2.75) is 18.8 Å². The Labute approximate surface area is 98.6 Å². The van der Waals surface area contributed by atoms with Crippen molar-refractivity contribution >= 4 is 13.6 Å². The molecule has 1 rings (SSSR count). The van der Waals surface area contributed by atoms with Gasteiger partial charge in [-0.3, -0.25) is 9.36 Å². The predicted octanol–water partition coefficient (Wildman–Crippen LogP) is 0.582. The Bertz CT molecular complexity index is 416. The first-order chi connectivity index (χ1) is 7.89. The van der Waals surface area contributed by atoms with Gasteiger partial charge in [-0.15, -0.1) is 0 Å². The largest absolute Gasteiger partial charge is 0.461 e. The monoisotopic (exact) mass is 259 g/mol. The van der Waals surface area contributed by atoms with E-state index in [1.165, 1.54) is 0 Å². The summed E-state index contributed by atoms with van der Waals surface area (Å²) < 4.78 is 15.5. The van der Waals surface area contributed by atoms with Gasteiger partial charge in [0.15, 0.2) is 0 Å². The lowest BCUT2D eigenvalue weighted by Gasteiger charge is -2.12. The van der Waals surface area contributed by atoms with Gasteiger partial charge in [-0.2, -0.15) is 0 Å². The number of benzene rings is 1. The molecular formula is C10H14NO5P. The Kier molecular flexibility index (Phi) is 4.84. The second-order valence-corrected chi connectivity index (χ2v) is 5.35. The van der Waals surface area contributed by atoms with Gasteiger partial charge in [0.25, 0.3) is 0 Å². The van der Waals surface area contributed by atoms with Crippen molar-refractivity contribution in [3.8, 4) is 0 Å². The van der Waals surface area contributed by atoms with E-state index in [-0.39, 0.29) is 6.61 Å². The van der Waals surface area contributed by atoms with Gasteiger partial charge < -0.3 is 20.3 Å². The van der Waals surface area contributed by atoms with Crippen LogP contribution >= 0.6 is 7.60 Å². The number of carbonyl (C=O) groups is 1. The molecule has 0 aliphatic heterocycles. The normalized spacial score (nSPS) is 13.1. The maximum Gasteiger partial charge on any atom is 0.342 e. The van der Waals surface area contributed by atoms with E-state index >= 15 is 0 Å². The molecule has 0 saturated carbocycles. The summed E-state index contributed by atoms with van der Waals surface area (Å²) >= 11 is 0. The topological polar surface area (TPSA) is 110 Å². The summed E-state index contributed by atoms with van der Waals surface area (Å²) in [6.45, 7) is 0.0630. The lowest BCUT2D eigenvalue weighted by Crippen LogP contribution is -2.24. The fraction of sp³-hybridized carbons (Fsp3) is 0.300. The summed E-state index contributed by atoms with van der Waals surface area (Å²) in [7, 11) is -4.43. The van der Waals surface area contributed by atoms with E-state index in [1.54, 1.807) is 24.3 Å². The van der Waals surface area contributed by atoms with Crippen LogP contribution in [0, 0.1) is 0 Å². The second kappa shape index (κ2) is 5.93. The average Bonchev–Trinajstić information content (AvgIpc) is 2.26. The molecule has 0 saturated heterocycles. The average molecular weight is 259 g/mol. The minimum Gasteiger partial charge on any atom is -0.461 e. The van der Waals surface area contributed by atoms with Crippen molar-refractivity contribution in [1.82, 2.24) is 0 Å². The third kappa shape index (κ3) is 5.10. The standard InChI is InChI=1S/C10H14NO5P/c11-9(17(13,14)15)6-10(12)16-7-8-4-2-1-3-5-8/h1-5,9H,6-7,11H2,(H2,13,14,15). The highest BCUT2D eigenvalue weighted by Crippen LogP contribution is 2.39. The molecule has 0 aliphatic carbocycles. The van der Waals surface area contributed by atoms with Gasteiger partial charge in [0.05, 0.1) is 6.42 Å². The van der Waals surface area contributed by atoms with Gasteiger partial charge in [-0.05, 0) is 5.56 Å². The Morgan fingerprint density at radius 2 is 1.94 bits per heavy atom. The molecule has 6 nitrogen and oxygen atoms in total. The van der Waals surface area contributed by atoms with Crippen molar-refractivity contribution < 1.29 is 23.9 Å². The van der Waals surface area contributed by atoms with Crippen LogP contribution in [0.2, 0.25) is 0 Å². The number of hydrogen-bond acceptors (Lipinski definition) is 4. The molecule has 0 bridgehead atoms. The second-order valence-electron chi connectivity index (χ2n) is 3.51. The zero-order valence-electron chi connectivity index (χ0n) is 9.02. The molecule has 0 aromatic heterocycles. The molecule has 1 unspecified atom stereocenters. The summed E-state index contributed by atoms with van der Waals surface area (Å²) in [4.78, 5) is 28.6. The lowest BCUT2D eigenvalue weighted by molar-refractivity contribution is -0.145. The fourth-order valence-corrected chi connectivity index (χ4v) is 1.47. The molecule has 17 heavy (non-hydrogen) atoms. The quantitative estimate of drug-likeness (QED) is 0.527. The summed E-state index contributed by atoms with van der Waals surface area (Å²) in [5.74, 6) is -2.24. The predicted molar refractivity (Wildman–Crippen MR) is 60.9 cm³/mol. The zero-order valence-corrected chi connectivity index (χ0v) is 9.92. The number of hydrogen-bond donors (Lipinski definition) is 3. The van der Waals surface area contributed by atoms with E-state index in [0.717, 1.165) is 5.56 Å². The van der Waals surface area contributed by atoms with Gasteiger partial charge in [-0.25, -0.2) is 0 Å². The molecule has 0 heterocycles. The lowest BCUT2D eigenvalue weighted by atomic mass is 10.2. The summed E-state index contributed by atoms with van der Waals surface area (Å²) in [5, 5.41) is 0. The Balaban J connectivity index is 2.39. The van der Waals surface area contributed by atoms with Crippen LogP contribution in [-0.2, 0) is 20.7 Å². The van der Waals surface area contributed by atoms with Crippen molar-refractivity contribution in [2.75, 3.05) is 0 Å². The van der Waals surface area contributed by atoms with Crippen LogP contribution in [0.25, 0.3) is 0 Å². The highest BCUT2D eigenvalue weighted by atomic mass is 31.2. The number of carbonyl (C=O) groups excluding carboxylic acids is 1. The first kappa shape index (κ1) is 13.9. The van der Waals surface area contributed by atoms with Gasteiger partial charge in [0, 0.05) is 0 Å². The smallest absolute Gasteiger partial charge is 0.342 e. The van der Waals surface area contributed by atoms with Crippen LogP contribution in [0.15, 0.2) is 30.3 Å². The maximum atomic E-state index is 11.2. The molecule has 0 amide bonds. The van der Waals surface area contributed by atoms with E-state index in [0.29, 0.717) is 0 Å². The molecule has 7 heteroatoms. The van der Waals surface area contributed by atoms with E-state index in [2.05, 4.69) is 0 Å². The molecule has 0 fully saturated rings. The van der Waals surface area contributed by atoms with Crippen LogP contribution in [0.5, 0.6) is 0 Å². The van der Waals surface area contributed by atoms with Crippen molar-refractivity contribution in [1.29, 1.82) is 0 Å². The first-order valence-corrected chi connectivity index (χ1v) is 6.58. The summed E-state index contributed by atoms with van der Waals surface area (Å²) in [6.07, 6.45) is -0.503. The summed E-state index contributed by atoms with van der Waals surface area (Å²) in [6, 6.07) is 8.97. The van der Waals surface area contributed by atoms with Crippen LogP contribution in [0.4, 0.5) is 0 Å². The van der Waals surface area contributed by atoms with E-state index in [9.17, 15) is 9.36 Å². The molecule has 4 N–H and O–H groups in total. The van der Waals surface area contributed by atoms with Crippen molar-refractivity contribution in [3.05, 3.63) is 35.9 Å². The van der Waals surface area contributed by atoms with Gasteiger partial charge in [0.1, 0.15) is 12.4 Å². The Morgan fingerprint density at radius 3 is 2.47 bits per heavy atom. The highest BCUT2D eigenvalue weighted by molar-refractivity contribution is 7.52. The van der Waals surface area contributed by atoms with Gasteiger partial charge in [0.2, 0.25) is 0 Å². The molecule has 94 valence electrons. The SMILES string of the molecule is NC(CC(=O)OCc1ccccc1)P(=O)(O)O. The third-order valence-corrected chi connectivity index (χ3v) is 3.10. The highest BCUT2D eigenvalue weighted by Gasteiger charge is 2.27. The molecule has 1 aromatic carbocycles. The fourth-order valence-electron chi connectivity index (χ4n) is 1.09.